The zero-order chi connectivity index (χ0) is 16.2. The second-order valence-corrected chi connectivity index (χ2v) is 7.24. The first-order chi connectivity index (χ1) is 10.4. The molecule has 9 heteroatoms. The molecule has 22 heavy (non-hydrogen) atoms. The zero-order valence-electron chi connectivity index (χ0n) is 11.7. The van der Waals surface area contributed by atoms with Crippen LogP contribution in [0.3, 0.4) is 0 Å². The van der Waals surface area contributed by atoms with Crippen LogP contribution in [0, 0.1) is 4.91 Å². The summed E-state index contributed by atoms with van der Waals surface area (Å²) in [5.74, 6) is 0.784. The lowest BCUT2D eigenvalue weighted by atomic mass is 10.2. The van der Waals surface area contributed by atoms with Gasteiger partial charge in [-0.2, -0.15) is 0 Å². The van der Waals surface area contributed by atoms with E-state index in [0.29, 0.717) is 22.9 Å². The number of nitrogens with one attached hydrogen (secondary N) is 1. The molecule has 0 amide bonds. The summed E-state index contributed by atoms with van der Waals surface area (Å²) < 4.78 is 22.2. The molecule has 0 atom stereocenters. The highest BCUT2D eigenvalue weighted by molar-refractivity contribution is 7.90. The van der Waals surface area contributed by atoms with E-state index in [2.05, 4.69) is 20.5 Å². The number of rotatable bonds is 6. The van der Waals surface area contributed by atoms with Crippen LogP contribution in [0.5, 0.6) is 0 Å². The molecular weight excluding hydrogens is 328 g/mol. The molecule has 116 valence electrons. The topological polar surface area (TPSA) is 101 Å². The Morgan fingerprint density at radius 3 is 2.50 bits per heavy atom. The van der Waals surface area contributed by atoms with Gasteiger partial charge in [0.2, 0.25) is 0 Å². The number of nitrogens with zero attached hydrogens (tertiary/aromatic N) is 3. The van der Waals surface area contributed by atoms with Crippen LogP contribution >= 0.6 is 11.6 Å². The number of nitroso groups, excluding NO2 is 1. The highest BCUT2D eigenvalue weighted by atomic mass is 35.5. The van der Waals surface area contributed by atoms with Crippen molar-refractivity contribution in [3.05, 3.63) is 40.4 Å². The fourth-order valence-electron chi connectivity index (χ4n) is 1.67. The predicted octanol–water partition coefficient (Wildman–Crippen LogP) is 2.65. The number of hydrogen-bond acceptors (Lipinski definition) is 7. The van der Waals surface area contributed by atoms with Crippen molar-refractivity contribution in [3.8, 4) is 11.4 Å². The van der Waals surface area contributed by atoms with E-state index in [1.807, 2.05) is 0 Å². The molecule has 0 fully saturated rings. The van der Waals surface area contributed by atoms with Crippen LogP contribution < -0.4 is 5.32 Å². The average Bonchev–Trinajstić information content (AvgIpc) is 2.45. The van der Waals surface area contributed by atoms with Crippen molar-refractivity contribution in [2.75, 3.05) is 23.9 Å². The van der Waals surface area contributed by atoms with Gasteiger partial charge in [-0.05, 0) is 29.4 Å². The second kappa shape index (κ2) is 6.80. The van der Waals surface area contributed by atoms with Gasteiger partial charge < -0.3 is 5.32 Å². The lowest BCUT2D eigenvalue weighted by Crippen LogP contribution is -2.15. The standard InChI is InChI=1S/C13H13ClN4O3S/c1-22(20,21)7-6-15-12-8-11(14)16-13(17-12)9-2-4-10(18-19)5-3-9/h2-5,8H,6-7H2,1H3,(H,15,16,17). The van der Waals surface area contributed by atoms with Crippen LogP contribution in [-0.4, -0.2) is 36.9 Å². The lowest BCUT2D eigenvalue weighted by Gasteiger charge is -2.07. The highest BCUT2D eigenvalue weighted by Crippen LogP contribution is 2.22. The quantitative estimate of drug-likeness (QED) is 0.640. The molecule has 0 saturated heterocycles. The summed E-state index contributed by atoms with van der Waals surface area (Å²) in [4.78, 5) is 18.8. The first-order valence-corrected chi connectivity index (χ1v) is 8.71. The van der Waals surface area contributed by atoms with E-state index in [9.17, 15) is 13.3 Å². The molecule has 0 aliphatic rings. The predicted molar refractivity (Wildman–Crippen MR) is 86.1 cm³/mol. The molecule has 1 aromatic heterocycles. The van der Waals surface area contributed by atoms with Gasteiger partial charge in [0.25, 0.3) is 0 Å². The van der Waals surface area contributed by atoms with Crippen molar-refractivity contribution in [3.63, 3.8) is 0 Å². The maximum atomic E-state index is 11.1. The highest BCUT2D eigenvalue weighted by Gasteiger charge is 2.07. The van der Waals surface area contributed by atoms with E-state index >= 15 is 0 Å². The number of sulfone groups is 1. The first kappa shape index (κ1) is 16.3. The summed E-state index contributed by atoms with van der Waals surface area (Å²) >= 11 is 5.95. The van der Waals surface area contributed by atoms with Crippen molar-refractivity contribution < 1.29 is 8.42 Å². The van der Waals surface area contributed by atoms with Gasteiger partial charge in [-0.3, -0.25) is 0 Å². The van der Waals surface area contributed by atoms with E-state index in [1.165, 1.54) is 6.07 Å². The van der Waals surface area contributed by atoms with Crippen molar-refractivity contribution in [1.29, 1.82) is 0 Å². The fraction of sp³-hybridized carbons (Fsp3) is 0.231. The second-order valence-electron chi connectivity index (χ2n) is 4.59. The van der Waals surface area contributed by atoms with Crippen molar-refractivity contribution in [2.24, 2.45) is 5.18 Å². The molecule has 0 unspecified atom stereocenters. The normalized spacial score (nSPS) is 11.2. The molecule has 0 aliphatic carbocycles. The smallest absolute Gasteiger partial charge is 0.163 e. The number of anilines is 1. The Balaban J connectivity index is 2.20. The Labute approximate surface area is 132 Å². The van der Waals surface area contributed by atoms with E-state index in [1.54, 1.807) is 24.3 Å². The van der Waals surface area contributed by atoms with E-state index < -0.39 is 9.84 Å². The number of hydrogen-bond donors (Lipinski definition) is 1. The van der Waals surface area contributed by atoms with Gasteiger partial charge in [-0.1, -0.05) is 11.6 Å². The van der Waals surface area contributed by atoms with Crippen molar-refractivity contribution >= 4 is 32.9 Å². The summed E-state index contributed by atoms with van der Waals surface area (Å²) in [7, 11) is -3.05. The Morgan fingerprint density at radius 2 is 1.91 bits per heavy atom. The largest absolute Gasteiger partial charge is 0.369 e. The lowest BCUT2D eigenvalue weighted by molar-refractivity contribution is 0.602. The minimum absolute atomic E-state index is 0.0103. The van der Waals surface area contributed by atoms with Crippen LogP contribution in [0.4, 0.5) is 11.5 Å². The van der Waals surface area contributed by atoms with Crippen molar-refractivity contribution in [2.45, 2.75) is 0 Å². The molecule has 0 aliphatic heterocycles. The molecule has 0 bridgehead atoms. The first-order valence-electron chi connectivity index (χ1n) is 6.27. The Bertz CT molecular complexity index is 778. The minimum atomic E-state index is -3.05. The van der Waals surface area contributed by atoms with Gasteiger partial charge in [0, 0.05) is 24.4 Å². The van der Waals surface area contributed by atoms with Gasteiger partial charge in [-0.25, -0.2) is 18.4 Å². The zero-order valence-corrected chi connectivity index (χ0v) is 13.2. The van der Waals surface area contributed by atoms with E-state index in [4.69, 9.17) is 11.6 Å². The SMILES string of the molecule is CS(=O)(=O)CCNc1cc(Cl)nc(-c2ccc(N=O)cc2)n1. The summed E-state index contributed by atoms with van der Waals surface area (Å²) in [6.45, 7) is 0.222. The third-order valence-electron chi connectivity index (χ3n) is 2.70. The maximum Gasteiger partial charge on any atom is 0.163 e. The Hall–Kier alpha value is -2.06. The molecule has 1 heterocycles. The molecule has 0 spiro atoms. The number of benzene rings is 1. The minimum Gasteiger partial charge on any atom is -0.369 e. The average molecular weight is 341 g/mol. The van der Waals surface area contributed by atoms with Gasteiger partial charge in [0.15, 0.2) is 5.82 Å². The maximum absolute atomic E-state index is 11.1. The molecule has 2 aromatic rings. The molecule has 2 rings (SSSR count). The Kier molecular flexibility index (Phi) is 5.04. The molecule has 7 nitrogen and oxygen atoms in total. The van der Waals surface area contributed by atoms with Gasteiger partial charge in [0.05, 0.1) is 5.75 Å². The third kappa shape index (κ3) is 4.74. The van der Waals surface area contributed by atoms with Gasteiger partial charge in [-0.15, -0.1) is 4.91 Å². The van der Waals surface area contributed by atoms with Crippen LogP contribution in [0.1, 0.15) is 0 Å². The molecule has 0 radical (unpaired) electrons. The van der Waals surface area contributed by atoms with Crippen LogP contribution in [0.15, 0.2) is 35.5 Å². The number of halogens is 1. The van der Waals surface area contributed by atoms with Crippen molar-refractivity contribution in [1.82, 2.24) is 9.97 Å². The summed E-state index contributed by atoms with van der Waals surface area (Å²) in [5.41, 5.74) is 0.971. The Morgan fingerprint density at radius 1 is 1.23 bits per heavy atom. The molecule has 0 saturated carbocycles. The molecule has 1 N–H and O–H groups in total. The fourth-order valence-corrected chi connectivity index (χ4v) is 2.33. The molecular formula is C13H13ClN4O3S. The van der Waals surface area contributed by atoms with Crippen LogP contribution in [0.25, 0.3) is 11.4 Å². The summed E-state index contributed by atoms with van der Waals surface area (Å²) in [6, 6.07) is 7.91. The third-order valence-corrected chi connectivity index (χ3v) is 3.84. The van der Waals surface area contributed by atoms with Crippen LogP contribution in [0.2, 0.25) is 5.15 Å². The summed E-state index contributed by atoms with van der Waals surface area (Å²) in [5, 5.41) is 5.94. The van der Waals surface area contributed by atoms with Gasteiger partial charge in [0.1, 0.15) is 26.5 Å². The van der Waals surface area contributed by atoms with E-state index in [0.717, 1.165) is 6.26 Å². The number of aromatic nitrogens is 2. The van der Waals surface area contributed by atoms with Gasteiger partial charge >= 0.3 is 0 Å². The summed E-state index contributed by atoms with van der Waals surface area (Å²) in [6.07, 6.45) is 1.16. The monoisotopic (exact) mass is 340 g/mol. The van der Waals surface area contributed by atoms with E-state index in [-0.39, 0.29) is 17.5 Å². The van der Waals surface area contributed by atoms with Crippen LogP contribution in [-0.2, 0) is 9.84 Å². The molecule has 1 aromatic carbocycles.